The van der Waals surface area contributed by atoms with E-state index in [1.165, 1.54) is 24.3 Å². The Morgan fingerprint density at radius 3 is 1.22 bits per heavy atom. The molecule has 0 spiro atoms. The maximum atomic E-state index is 12.1. The highest BCUT2D eigenvalue weighted by Crippen LogP contribution is 2.44. The van der Waals surface area contributed by atoms with Gasteiger partial charge in [-0.2, -0.15) is 0 Å². The van der Waals surface area contributed by atoms with Crippen molar-refractivity contribution in [2.24, 2.45) is 0 Å². The third-order valence-corrected chi connectivity index (χ3v) is 7.25. The summed E-state index contributed by atoms with van der Waals surface area (Å²) in [6.07, 6.45) is 0.259. The van der Waals surface area contributed by atoms with E-state index in [4.69, 9.17) is 18.9 Å². The minimum atomic E-state index is -1.34. The van der Waals surface area contributed by atoms with Gasteiger partial charge in [0.2, 0.25) is 0 Å². The van der Waals surface area contributed by atoms with E-state index < -0.39 is 35.1 Å². The molecule has 0 saturated heterocycles. The molecule has 3 rings (SSSR count). The number of rotatable bonds is 17. The Bertz CT molecular complexity index is 1650. The summed E-state index contributed by atoms with van der Waals surface area (Å²) >= 11 is 0. The molecule has 4 N–H and O–H groups in total. The molecule has 0 aromatic heterocycles. The Balaban J connectivity index is 2.44. The molecule has 0 aliphatic heterocycles. The molecule has 0 aliphatic rings. The average molecular weight is 681 g/mol. The number of ether oxygens (including phenoxy) is 4. The van der Waals surface area contributed by atoms with E-state index in [1.54, 1.807) is 26.0 Å². The van der Waals surface area contributed by atoms with Crippen LogP contribution >= 0.6 is 0 Å². The van der Waals surface area contributed by atoms with Crippen molar-refractivity contribution < 1.29 is 58.6 Å². The van der Waals surface area contributed by atoms with Gasteiger partial charge in [-0.3, -0.25) is 0 Å². The Labute approximate surface area is 285 Å². The Hall–Kier alpha value is -4.94. The van der Waals surface area contributed by atoms with Gasteiger partial charge in [0.1, 0.15) is 22.7 Å². The highest BCUT2D eigenvalue weighted by molar-refractivity contribution is 5.98. The second-order valence-electron chi connectivity index (χ2n) is 13.4. The second kappa shape index (κ2) is 15.5. The van der Waals surface area contributed by atoms with Crippen molar-refractivity contribution in [2.45, 2.75) is 85.2 Å². The molecule has 0 fully saturated rings. The van der Waals surface area contributed by atoms with Gasteiger partial charge in [-0.25, -0.2) is 19.2 Å². The van der Waals surface area contributed by atoms with Gasteiger partial charge in [0, 0.05) is 17.5 Å². The monoisotopic (exact) mass is 680 g/mol. The predicted molar refractivity (Wildman–Crippen MR) is 181 cm³/mol. The van der Waals surface area contributed by atoms with Gasteiger partial charge in [-0.15, -0.1) is 0 Å². The summed E-state index contributed by atoms with van der Waals surface area (Å²) in [5, 5.41) is 39.3. The summed E-state index contributed by atoms with van der Waals surface area (Å²) in [7, 11) is 0. The second-order valence-corrected chi connectivity index (χ2v) is 13.4. The maximum Gasteiger partial charge on any atom is 0.335 e. The maximum absolute atomic E-state index is 12.1. The summed E-state index contributed by atoms with van der Waals surface area (Å²) in [5.74, 6) is -5.05. The molecule has 0 amide bonds. The largest absolute Gasteiger partial charge is 0.487 e. The Morgan fingerprint density at radius 2 is 0.898 bits per heavy atom. The van der Waals surface area contributed by atoms with Gasteiger partial charge in [0.15, 0.2) is 0 Å². The molecule has 0 aliphatic carbocycles. The summed E-state index contributed by atoms with van der Waals surface area (Å²) in [4.78, 5) is 48.3. The Kier molecular flexibility index (Phi) is 12.2. The van der Waals surface area contributed by atoms with E-state index >= 15 is 0 Å². The van der Waals surface area contributed by atoms with E-state index in [1.807, 2.05) is 41.5 Å². The molecule has 3 aromatic rings. The third kappa shape index (κ3) is 10.8. The number of carbonyl (C=O) groups is 4. The lowest BCUT2D eigenvalue weighted by molar-refractivity contribution is -0.0274. The first kappa shape index (κ1) is 38.5. The van der Waals surface area contributed by atoms with Crippen LogP contribution in [0.15, 0.2) is 48.5 Å². The zero-order valence-electron chi connectivity index (χ0n) is 28.9. The number of hydrogen-bond acceptors (Lipinski definition) is 8. The van der Waals surface area contributed by atoms with Crippen molar-refractivity contribution >= 4 is 23.9 Å². The molecule has 0 heterocycles. The molecule has 12 nitrogen and oxygen atoms in total. The number of benzene rings is 3. The van der Waals surface area contributed by atoms with Crippen LogP contribution in [0.4, 0.5) is 0 Å². The summed E-state index contributed by atoms with van der Waals surface area (Å²) < 4.78 is 24.6. The van der Waals surface area contributed by atoms with Crippen molar-refractivity contribution in [3.8, 4) is 33.8 Å². The molecule has 49 heavy (non-hydrogen) atoms. The normalized spacial score (nSPS) is 11.9. The highest BCUT2D eigenvalue weighted by Gasteiger charge is 2.29. The van der Waals surface area contributed by atoms with Crippen LogP contribution < -0.4 is 9.47 Å². The van der Waals surface area contributed by atoms with Crippen LogP contribution in [0.1, 0.15) is 103 Å². The van der Waals surface area contributed by atoms with Crippen LogP contribution in [0.3, 0.4) is 0 Å². The van der Waals surface area contributed by atoms with Gasteiger partial charge >= 0.3 is 23.9 Å². The lowest BCUT2D eigenvalue weighted by Gasteiger charge is -2.31. The van der Waals surface area contributed by atoms with Crippen molar-refractivity contribution in [1.82, 2.24) is 0 Å². The SMILES string of the molecule is CC(C)OCCC(C)(C)Oc1cc(-c2cc(C(=O)O)cc(C(=O)O)c2)c(OC(C)(C)COC(C)C)cc1-c1cc(C(=O)O)cc(C(=O)O)c1. The van der Waals surface area contributed by atoms with Gasteiger partial charge in [0.05, 0.1) is 47.7 Å². The van der Waals surface area contributed by atoms with Crippen molar-refractivity contribution in [3.05, 3.63) is 70.8 Å². The average Bonchev–Trinajstić information content (AvgIpc) is 2.99. The fourth-order valence-corrected chi connectivity index (χ4v) is 4.82. The van der Waals surface area contributed by atoms with Crippen molar-refractivity contribution in [3.63, 3.8) is 0 Å². The molecule has 0 atom stereocenters. The highest BCUT2D eigenvalue weighted by atomic mass is 16.5. The lowest BCUT2D eigenvalue weighted by atomic mass is 9.93. The molecule has 12 heteroatoms. The first-order valence-electron chi connectivity index (χ1n) is 15.7. The zero-order valence-corrected chi connectivity index (χ0v) is 28.9. The number of hydrogen-bond donors (Lipinski definition) is 4. The third-order valence-electron chi connectivity index (χ3n) is 7.25. The zero-order chi connectivity index (χ0) is 36.8. The van der Waals surface area contributed by atoms with E-state index in [-0.39, 0.29) is 74.8 Å². The van der Waals surface area contributed by atoms with Gasteiger partial charge in [-0.05, 0) is 115 Å². The summed E-state index contributed by atoms with van der Waals surface area (Å²) in [5.41, 5.74) is -2.05. The van der Waals surface area contributed by atoms with E-state index in [0.29, 0.717) is 13.0 Å². The predicted octanol–water partition coefficient (Wildman–Crippen LogP) is 7.37. The van der Waals surface area contributed by atoms with Crippen LogP contribution in [0.2, 0.25) is 0 Å². The first-order valence-corrected chi connectivity index (χ1v) is 15.7. The molecule has 0 unspecified atom stereocenters. The van der Waals surface area contributed by atoms with Crippen LogP contribution in [0.5, 0.6) is 11.5 Å². The molecular weight excluding hydrogens is 636 g/mol. The van der Waals surface area contributed by atoms with Crippen LogP contribution in [-0.2, 0) is 9.47 Å². The molecule has 0 saturated carbocycles. The van der Waals surface area contributed by atoms with E-state index in [2.05, 4.69) is 0 Å². The smallest absolute Gasteiger partial charge is 0.335 e. The van der Waals surface area contributed by atoms with Crippen molar-refractivity contribution in [1.29, 1.82) is 0 Å². The Morgan fingerprint density at radius 1 is 0.551 bits per heavy atom. The number of aromatic carboxylic acids is 4. The number of carboxylic acids is 4. The number of carboxylic acid groups (broad SMARTS) is 4. The van der Waals surface area contributed by atoms with Crippen LogP contribution in [0, 0.1) is 0 Å². The standard InChI is InChI=1S/C37H44O12/c1-20(2)46-10-9-36(5,6)48-30-17-29(23-13-26(34(42)43)16-27(14-23)35(44)45)31(49-37(7,8)19-47-21(3)4)18-28(30)22-11-24(32(38)39)15-25(12-22)33(40)41/h11-18,20-21H,9-10,19H2,1-8H3,(H,38,39)(H,40,41)(H,42,43)(H,44,45). The summed E-state index contributed by atoms with van der Waals surface area (Å²) in [6, 6.07) is 10.4. The fourth-order valence-electron chi connectivity index (χ4n) is 4.82. The van der Waals surface area contributed by atoms with Gasteiger partial charge < -0.3 is 39.4 Å². The lowest BCUT2D eigenvalue weighted by Crippen LogP contribution is -2.35. The van der Waals surface area contributed by atoms with Crippen LogP contribution in [-0.4, -0.2) is 80.9 Å². The topological polar surface area (TPSA) is 186 Å². The van der Waals surface area contributed by atoms with Gasteiger partial charge in [0.25, 0.3) is 0 Å². The molecule has 264 valence electrons. The van der Waals surface area contributed by atoms with Crippen LogP contribution in [0.25, 0.3) is 22.3 Å². The minimum absolute atomic E-state index is 0.0319. The molecule has 3 aromatic carbocycles. The molecule has 0 radical (unpaired) electrons. The molecular formula is C37H44O12. The molecule has 0 bridgehead atoms. The van der Waals surface area contributed by atoms with Crippen molar-refractivity contribution in [2.75, 3.05) is 13.2 Å². The minimum Gasteiger partial charge on any atom is -0.487 e. The van der Waals surface area contributed by atoms with E-state index in [0.717, 1.165) is 12.1 Å². The first-order chi connectivity index (χ1) is 22.7. The quantitative estimate of drug-likeness (QED) is 0.111. The fraction of sp³-hybridized carbons (Fsp3) is 0.405. The van der Waals surface area contributed by atoms with Gasteiger partial charge in [-0.1, -0.05) is 0 Å². The summed E-state index contributed by atoms with van der Waals surface area (Å²) in [6.45, 7) is 15.2. The van der Waals surface area contributed by atoms with E-state index in [9.17, 15) is 39.6 Å².